The van der Waals surface area contributed by atoms with Crippen molar-refractivity contribution in [2.24, 2.45) is 0 Å². The van der Waals surface area contributed by atoms with Gasteiger partial charge in [0.05, 0.1) is 5.69 Å². The molecule has 7 nitrogen and oxygen atoms in total. The van der Waals surface area contributed by atoms with Gasteiger partial charge in [-0.3, -0.25) is 0 Å². The smallest absolute Gasteiger partial charge is 0.308 e. The van der Waals surface area contributed by atoms with E-state index in [4.69, 9.17) is 0 Å². The number of urea groups is 1. The van der Waals surface area contributed by atoms with Crippen LogP contribution in [0.4, 0.5) is 16.2 Å². The summed E-state index contributed by atoms with van der Waals surface area (Å²) in [6, 6.07) is 16.8. The summed E-state index contributed by atoms with van der Waals surface area (Å²) in [5.41, 5.74) is 2.38. The van der Waals surface area contributed by atoms with Crippen molar-refractivity contribution in [1.82, 2.24) is 19.6 Å². The number of carbonyl (C=O) groups excluding carboxylic acids is 1. The molecule has 0 radical (unpaired) electrons. The molecule has 0 spiro atoms. The first-order valence-electron chi connectivity index (χ1n) is 9.35. The van der Waals surface area contributed by atoms with Crippen LogP contribution in [0.15, 0.2) is 69.0 Å². The van der Waals surface area contributed by atoms with Crippen molar-refractivity contribution in [3.63, 3.8) is 0 Å². The third-order valence-corrected chi connectivity index (χ3v) is 5.96. The zero-order valence-electron chi connectivity index (χ0n) is 16.4. The number of nitrogens with one attached hydrogen (secondary N) is 2. The van der Waals surface area contributed by atoms with Crippen molar-refractivity contribution in [2.45, 2.75) is 30.2 Å². The van der Waals surface area contributed by atoms with Gasteiger partial charge in [-0.25, -0.2) is 9.78 Å². The van der Waals surface area contributed by atoms with E-state index in [1.165, 1.54) is 0 Å². The maximum atomic E-state index is 12.3. The Labute approximate surface area is 186 Å². The Morgan fingerprint density at radius 2 is 1.87 bits per heavy atom. The molecule has 4 rings (SSSR count). The Hall–Kier alpha value is -2.91. The Morgan fingerprint density at radius 1 is 1.10 bits per heavy atom. The fourth-order valence-electron chi connectivity index (χ4n) is 2.82. The number of aryl methyl sites for hydroxylation is 2. The molecule has 0 fully saturated rings. The number of halogens is 1. The minimum atomic E-state index is -0.302. The van der Waals surface area contributed by atoms with Gasteiger partial charge in [0.15, 0.2) is 0 Å². The fraction of sp³-hybridized carbons (Fsp3) is 0.143. The minimum absolute atomic E-state index is 0.302. The molecule has 0 saturated carbocycles. The van der Waals surface area contributed by atoms with Gasteiger partial charge in [0.1, 0.15) is 10.9 Å². The van der Waals surface area contributed by atoms with Gasteiger partial charge in [0.2, 0.25) is 0 Å². The van der Waals surface area contributed by atoms with Crippen LogP contribution in [0.2, 0.25) is 0 Å². The molecular formula is C21H19BrN6OS. The van der Waals surface area contributed by atoms with E-state index in [0.29, 0.717) is 23.0 Å². The largest absolute Gasteiger partial charge is 0.323 e. The second kappa shape index (κ2) is 8.85. The minimum Gasteiger partial charge on any atom is -0.308 e. The second-order valence-corrected chi connectivity index (χ2v) is 8.44. The number of anilines is 2. The third-order valence-electron chi connectivity index (χ3n) is 4.26. The zero-order chi connectivity index (χ0) is 21.1. The van der Waals surface area contributed by atoms with E-state index >= 15 is 0 Å². The summed E-state index contributed by atoms with van der Waals surface area (Å²) in [7, 11) is 0. The highest BCUT2D eigenvalue weighted by molar-refractivity contribution is 9.10. The zero-order valence-corrected chi connectivity index (χ0v) is 18.8. The molecule has 2 aromatic carbocycles. The fourth-order valence-corrected chi connectivity index (χ4v) is 4.12. The molecule has 0 aliphatic heterocycles. The lowest BCUT2D eigenvalue weighted by molar-refractivity contribution is 0.262. The molecule has 152 valence electrons. The molecule has 0 aliphatic rings. The molecule has 0 aliphatic carbocycles. The molecule has 9 heteroatoms. The number of rotatable bonds is 5. The van der Waals surface area contributed by atoms with E-state index in [1.807, 2.05) is 61.5 Å². The van der Waals surface area contributed by atoms with Crippen LogP contribution in [0.1, 0.15) is 18.4 Å². The molecule has 2 aromatic heterocycles. The highest BCUT2D eigenvalue weighted by Gasteiger charge is 2.11. The maximum absolute atomic E-state index is 12.3. The van der Waals surface area contributed by atoms with Crippen molar-refractivity contribution >= 4 is 50.9 Å². The number of para-hydroxylation sites is 1. The SMILES string of the molecule is CCc1cc(Sc2ccc(NC(=O)Nc3ccccc3Br)cc2)n2nc(C)nc2n1. The number of aromatic nitrogens is 4. The number of amides is 2. The lowest BCUT2D eigenvalue weighted by atomic mass is 10.3. The van der Waals surface area contributed by atoms with Crippen molar-refractivity contribution in [1.29, 1.82) is 0 Å². The van der Waals surface area contributed by atoms with Crippen LogP contribution in [0.5, 0.6) is 0 Å². The monoisotopic (exact) mass is 482 g/mol. The lowest BCUT2D eigenvalue weighted by Gasteiger charge is -2.10. The molecule has 2 heterocycles. The molecule has 2 N–H and O–H groups in total. The number of benzene rings is 2. The standard InChI is InChI=1S/C21H19BrN6OS/c1-3-14-12-19(28-20(24-14)23-13(2)27-28)30-16-10-8-15(9-11-16)25-21(29)26-18-7-5-4-6-17(18)22/h4-12H,3H2,1-2H3,(H2,25,26,29). The topological polar surface area (TPSA) is 84.2 Å². The maximum Gasteiger partial charge on any atom is 0.323 e. The summed E-state index contributed by atoms with van der Waals surface area (Å²) in [5.74, 6) is 1.30. The van der Waals surface area contributed by atoms with Crippen LogP contribution in [-0.4, -0.2) is 25.6 Å². The van der Waals surface area contributed by atoms with E-state index in [9.17, 15) is 4.79 Å². The van der Waals surface area contributed by atoms with E-state index in [0.717, 1.165) is 26.5 Å². The first-order chi connectivity index (χ1) is 14.5. The Balaban J connectivity index is 1.47. The average Bonchev–Trinajstić information content (AvgIpc) is 3.11. The van der Waals surface area contributed by atoms with Crippen LogP contribution >= 0.6 is 27.7 Å². The summed E-state index contributed by atoms with van der Waals surface area (Å²) in [6.07, 6.45) is 0.825. The van der Waals surface area contributed by atoms with Gasteiger partial charge < -0.3 is 10.6 Å². The number of hydrogen-bond donors (Lipinski definition) is 2. The van der Waals surface area contributed by atoms with Crippen LogP contribution in [0, 0.1) is 6.92 Å². The van der Waals surface area contributed by atoms with Crippen LogP contribution in [0.25, 0.3) is 5.78 Å². The van der Waals surface area contributed by atoms with Crippen LogP contribution in [0.3, 0.4) is 0 Å². The first kappa shape index (κ1) is 20.4. The van der Waals surface area contributed by atoms with Crippen molar-refractivity contribution in [3.8, 4) is 0 Å². The lowest BCUT2D eigenvalue weighted by Crippen LogP contribution is -2.19. The van der Waals surface area contributed by atoms with Crippen LogP contribution in [-0.2, 0) is 6.42 Å². The summed E-state index contributed by atoms with van der Waals surface area (Å²) in [5, 5.41) is 11.1. The van der Waals surface area contributed by atoms with Gasteiger partial charge in [0.25, 0.3) is 5.78 Å². The van der Waals surface area contributed by atoms with Gasteiger partial charge in [-0.2, -0.15) is 9.50 Å². The number of carbonyl (C=O) groups is 1. The van der Waals surface area contributed by atoms with Gasteiger partial charge in [0, 0.05) is 20.7 Å². The van der Waals surface area contributed by atoms with E-state index in [2.05, 4.69) is 48.6 Å². The van der Waals surface area contributed by atoms with Gasteiger partial charge in [-0.15, -0.1) is 5.10 Å². The van der Waals surface area contributed by atoms with Gasteiger partial charge in [-0.05, 0) is 71.7 Å². The average molecular weight is 483 g/mol. The van der Waals surface area contributed by atoms with E-state index < -0.39 is 0 Å². The molecule has 4 aromatic rings. The molecular weight excluding hydrogens is 464 g/mol. The van der Waals surface area contributed by atoms with E-state index in [1.54, 1.807) is 16.3 Å². The van der Waals surface area contributed by atoms with Gasteiger partial charge >= 0.3 is 6.03 Å². The normalized spacial score (nSPS) is 10.9. The molecule has 30 heavy (non-hydrogen) atoms. The molecule has 0 bridgehead atoms. The predicted molar refractivity (Wildman–Crippen MR) is 122 cm³/mol. The van der Waals surface area contributed by atoms with Crippen molar-refractivity contribution < 1.29 is 4.79 Å². The van der Waals surface area contributed by atoms with Crippen molar-refractivity contribution in [3.05, 3.63) is 70.6 Å². The summed E-state index contributed by atoms with van der Waals surface area (Å²) in [4.78, 5) is 22.2. The quantitative estimate of drug-likeness (QED) is 0.364. The first-order valence-corrected chi connectivity index (χ1v) is 11.0. The number of nitrogens with zero attached hydrogens (tertiary/aromatic N) is 4. The predicted octanol–water partition coefficient (Wildman–Crippen LogP) is 5.55. The van der Waals surface area contributed by atoms with Crippen molar-refractivity contribution in [2.75, 3.05) is 10.6 Å². The molecule has 0 unspecified atom stereocenters. The Bertz CT molecular complexity index is 1210. The molecule has 0 atom stereocenters. The second-order valence-electron chi connectivity index (χ2n) is 6.50. The third kappa shape index (κ3) is 4.63. The Morgan fingerprint density at radius 3 is 2.60 bits per heavy atom. The summed E-state index contributed by atoms with van der Waals surface area (Å²) < 4.78 is 2.58. The van der Waals surface area contributed by atoms with Crippen LogP contribution < -0.4 is 10.6 Å². The number of hydrogen-bond acceptors (Lipinski definition) is 5. The summed E-state index contributed by atoms with van der Waals surface area (Å²) in [6.45, 7) is 3.92. The molecule has 0 saturated heterocycles. The van der Waals surface area contributed by atoms with Gasteiger partial charge in [-0.1, -0.05) is 30.8 Å². The number of fused-ring (bicyclic) bond motifs is 1. The summed E-state index contributed by atoms with van der Waals surface area (Å²) >= 11 is 5.00. The highest BCUT2D eigenvalue weighted by Crippen LogP contribution is 2.29. The highest BCUT2D eigenvalue weighted by atomic mass is 79.9. The molecule has 2 amide bonds. The Kier molecular flexibility index (Phi) is 6.01. The van der Waals surface area contributed by atoms with E-state index in [-0.39, 0.29) is 6.03 Å².